The lowest BCUT2D eigenvalue weighted by Crippen LogP contribution is -2.66. The third kappa shape index (κ3) is 5.64. The number of ether oxygens (including phenoxy) is 5. The van der Waals surface area contributed by atoms with Crippen LogP contribution in [0.1, 0.15) is 72.1 Å². The molecule has 0 aromatic rings. The van der Waals surface area contributed by atoms with Crippen molar-refractivity contribution in [1.29, 1.82) is 0 Å². The van der Waals surface area contributed by atoms with Crippen molar-refractivity contribution in [3.05, 3.63) is 11.6 Å². The lowest BCUT2D eigenvalue weighted by atomic mass is 9.42. The van der Waals surface area contributed by atoms with E-state index >= 15 is 0 Å². The van der Waals surface area contributed by atoms with Crippen molar-refractivity contribution in [3.8, 4) is 0 Å². The molecule has 0 bridgehead atoms. The molecule has 0 aromatic heterocycles. The average Bonchev–Trinajstić information content (AvgIpc) is 3.60. The molecule has 4 saturated carbocycles. The zero-order valence-corrected chi connectivity index (χ0v) is 28.4. The average molecular weight is 699 g/mol. The second-order valence-corrected chi connectivity index (χ2v) is 16.5. The van der Waals surface area contributed by atoms with Gasteiger partial charge in [-0.15, -0.1) is 0 Å². The maximum Gasteiger partial charge on any atom is 0.331 e. The molecule has 8 N–H and O–H groups in total. The first kappa shape index (κ1) is 36.1. The molecule has 49 heavy (non-hydrogen) atoms. The molecule has 3 aliphatic heterocycles. The molecule has 2 saturated heterocycles. The Balaban J connectivity index is 0.995. The first-order valence-corrected chi connectivity index (χ1v) is 18.0. The normalized spacial score (nSPS) is 56.0. The minimum absolute atomic E-state index is 0.0175. The van der Waals surface area contributed by atoms with E-state index in [1.807, 2.05) is 0 Å². The summed E-state index contributed by atoms with van der Waals surface area (Å²) in [5.74, 6) is -0.342. The van der Waals surface area contributed by atoms with E-state index in [1.165, 1.54) is 0 Å². The van der Waals surface area contributed by atoms with E-state index < -0.39 is 85.1 Å². The Bertz CT molecular complexity index is 1280. The largest absolute Gasteiger partial charge is 0.458 e. The monoisotopic (exact) mass is 698 g/mol. The van der Waals surface area contributed by atoms with Gasteiger partial charge < -0.3 is 64.5 Å². The Morgan fingerprint density at radius 2 is 1.59 bits per heavy atom. The molecular weight excluding hydrogens is 644 g/mol. The Morgan fingerprint density at radius 3 is 2.29 bits per heavy atom. The van der Waals surface area contributed by atoms with Crippen molar-refractivity contribution in [3.63, 3.8) is 0 Å². The Hall–Kier alpha value is -1.27. The molecule has 4 aliphatic carbocycles. The van der Waals surface area contributed by atoms with Crippen molar-refractivity contribution in [2.45, 2.75) is 151 Å². The molecule has 0 spiro atoms. The van der Waals surface area contributed by atoms with E-state index in [0.717, 1.165) is 31.3 Å². The lowest BCUT2D eigenvalue weighted by Gasteiger charge is -2.65. The summed E-state index contributed by atoms with van der Waals surface area (Å²) >= 11 is 0. The van der Waals surface area contributed by atoms with Crippen LogP contribution in [0.4, 0.5) is 0 Å². The molecule has 0 radical (unpaired) electrons. The quantitative estimate of drug-likeness (QED) is 0.126. The Kier molecular flexibility index (Phi) is 9.57. The van der Waals surface area contributed by atoms with Gasteiger partial charge in [0.2, 0.25) is 0 Å². The fraction of sp³-hybridized carbons (Fsp3) is 0.914. The summed E-state index contributed by atoms with van der Waals surface area (Å²) in [5, 5.41) is 86.6. The maximum atomic E-state index is 12.5. The van der Waals surface area contributed by atoms with Crippen LogP contribution in [0.25, 0.3) is 0 Å². The summed E-state index contributed by atoms with van der Waals surface area (Å²) in [7, 11) is 0. The molecule has 0 aromatic carbocycles. The Morgan fingerprint density at radius 1 is 0.878 bits per heavy atom. The van der Waals surface area contributed by atoms with Gasteiger partial charge in [-0.1, -0.05) is 13.8 Å². The number of hydrogen-bond donors (Lipinski definition) is 8. The number of carbonyl (C=O) groups is 1. The molecule has 19 atom stereocenters. The first-order chi connectivity index (χ1) is 23.1. The zero-order chi connectivity index (χ0) is 35.2. The van der Waals surface area contributed by atoms with Crippen molar-refractivity contribution in [2.24, 2.45) is 34.5 Å². The summed E-state index contributed by atoms with van der Waals surface area (Å²) in [5.41, 5.74) is -0.847. The van der Waals surface area contributed by atoms with Crippen LogP contribution >= 0.6 is 0 Å². The molecule has 14 heteroatoms. The van der Waals surface area contributed by atoms with Crippen LogP contribution in [-0.4, -0.2) is 139 Å². The van der Waals surface area contributed by atoms with Gasteiger partial charge in [0, 0.05) is 11.5 Å². The van der Waals surface area contributed by atoms with Crippen LogP contribution in [0.15, 0.2) is 11.6 Å². The maximum absolute atomic E-state index is 12.5. The van der Waals surface area contributed by atoms with Gasteiger partial charge >= 0.3 is 5.97 Å². The van der Waals surface area contributed by atoms with Crippen LogP contribution in [0.5, 0.6) is 0 Å². The van der Waals surface area contributed by atoms with Crippen LogP contribution in [-0.2, 0) is 28.5 Å². The summed E-state index contributed by atoms with van der Waals surface area (Å²) in [6.45, 7) is 5.54. The summed E-state index contributed by atoms with van der Waals surface area (Å²) in [6, 6.07) is 0. The van der Waals surface area contributed by atoms with Gasteiger partial charge in [0.25, 0.3) is 0 Å². The van der Waals surface area contributed by atoms with Crippen molar-refractivity contribution in [1.82, 2.24) is 0 Å². The third-order valence-corrected chi connectivity index (χ3v) is 14.1. The highest BCUT2D eigenvalue weighted by Crippen LogP contribution is 2.70. The van der Waals surface area contributed by atoms with Crippen LogP contribution < -0.4 is 0 Å². The van der Waals surface area contributed by atoms with Crippen molar-refractivity contribution >= 4 is 5.97 Å². The third-order valence-electron chi connectivity index (χ3n) is 14.1. The number of aliphatic hydroxyl groups excluding tert-OH is 7. The van der Waals surface area contributed by atoms with E-state index in [4.69, 9.17) is 23.7 Å². The van der Waals surface area contributed by atoms with E-state index in [1.54, 1.807) is 13.0 Å². The number of hydrogen-bond acceptors (Lipinski definition) is 14. The molecule has 6 fully saturated rings. The van der Waals surface area contributed by atoms with Crippen LogP contribution in [0.2, 0.25) is 0 Å². The minimum Gasteiger partial charge on any atom is -0.458 e. The van der Waals surface area contributed by atoms with Gasteiger partial charge in [0.05, 0.1) is 30.5 Å². The SMILES string of the molecule is C[C@H]1O[C@@H](O[C@H]2CC[C@@]3(C)C(CC[C@@H]4[C@@H]3[C@H](O)C[C@]3(C)[C@@H](C5=CC(=O)OC5)CC[C@]43O)C2)[C@H](O)[C@@H](O)[C@@H]1O[C@@H]1O[C@H](CO)[C@@H](O)[C@H](O)[C@H]1O. The number of fused-ring (bicyclic) bond motifs is 5. The van der Waals surface area contributed by atoms with Gasteiger partial charge in [-0.2, -0.15) is 0 Å². The molecule has 1 unspecified atom stereocenters. The van der Waals surface area contributed by atoms with Gasteiger partial charge in [-0.05, 0) is 93.0 Å². The molecule has 3 heterocycles. The standard InChI is InChI=1S/C35H54O14/c1-15-30(49-32-28(42)26(40)25(39)22(13-36)48-32)27(41)29(43)31(46-15)47-18-6-8-33(2)17(11-18)4-5-20-24(33)21(37)12-34(3)19(7-9-35(20,34)44)16-10-23(38)45-14-16/h10,15,17-22,24-32,36-37,39-44H,4-9,11-14H2,1-3H3/t15-,17?,18+,19-,20-,21-,22-,24-,25-,26+,27-,28-,29-,30-,31+,32+,33+,34-,35+/m1/s1. The van der Waals surface area contributed by atoms with Gasteiger partial charge in [0.1, 0.15) is 49.3 Å². The summed E-state index contributed by atoms with van der Waals surface area (Å²) in [4.78, 5) is 11.9. The summed E-state index contributed by atoms with van der Waals surface area (Å²) < 4.78 is 28.7. The molecular formula is C35H54O14. The zero-order valence-electron chi connectivity index (χ0n) is 28.4. The van der Waals surface area contributed by atoms with Crippen LogP contribution in [0, 0.1) is 34.5 Å². The fourth-order valence-corrected chi connectivity index (χ4v) is 11.4. The van der Waals surface area contributed by atoms with E-state index in [0.29, 0.717) is 25.7 Å². The fourth-order valence-electron chi connectivity index (χ4n) is 11.4. The predicted octanol–water partition coefficient (Wildman–Crippen LogP) is -0.749. The first-order valence-electron chi connectivity index (χ1n) is 18.0. The molecule has 14 nitrogen and oxygen atoms in total. The topological polar surface area (TPSA) is 225 Å². The molecule has 7 aliphatic rings. The lowest BCUT2D eigenvalue weighted by molar-refractivity contribution is -0.360. The van der Waals surface area contributed by atoms with E-state index in [2.05, 4.69) is 13.8 Å². The summed E-state index contributed by atoms with van der Waals surface area (Å²) in [6.07, 6.45) is -7.62. The molecule has 0 amide bonds. The van der Waals surface area contributed by atoms with Crippen molar-refractivity contribution < 1.29 is 69.3 Å². The van der Waals surface area contributed by atoms with E-state index in [9.17, 15) is 45.6 Å². The van der Waals surface area contributed by atoms with Gasteiger partial charge in [-0.25, -0.2) is 4.79 Å². The Labute approximate surface area is 285 Å². The smallest absolute Gasteiger partial charge is 0.331 e. The predicted molar refractivity (Wildman–Crippen MR) is 167 cm³/mol. The van der Waals surface area contributed by atoms with E-state index in [-0.39, 0.29) is 47.8 Å². The minimum atomic E-state index is -1.67. The van der Waals surface area contributed by atoms with Crippen molar-refractivity contribution in [2.75, 3.05) is 13.2 Å². The number of carbonyl (C=O) groups excluding carboxylic acids is 1. The molecule has 7 rings (SSSR count). The highest BCUT2D eigenvalue weighted by molar-refractivity contribution is 5.85. The number of rotatable bonds is 6. The highest BCUT2D eigenvalue weighted by Gasteiger charge is 2.70. The second kappa shape index (κ2) is 13.0. The second-order valence-electron chi connectivity index (χ2n) is 16.5. The highest BCUT2D eigenvalue weighted by atomic mass is 16.7. The molecule has 278 valence electrons. The number of cyclic esters (lactones) is 1. The number of esters is 1. The van der Waals surface area contributed by atoms with Gasteiger partial charge in [-0.3, -0.25) is 0 Å². The number of aliphatic hydroxyl groups is 8. The van der Waals surface area contributed by atoms with Gasteiger partial charge in [0.15, 0.2) is 12.6 Å². The van der Waals surface area contributed by atoms with Crippen LogP contribution in [0.3, 0.4) is 0 Å².